The monoisotopic (exact) mass is 422 g/mol. The van der Waals surface area contributed by atoms with Gasteiger partial charge in [0, 0.05) is 10.6 Å². The zero-order valence-electron chi connectivity index (χ0n) is 15.6. The summed E-state index contributed by atoms with van der Waals surface area (Å²) >= 11 is 5.48. The van der Waals surface area contributed by atoms with Gasteiger partial charge in [0.15, 0.2) is 0 Å². The third kappa shape index (κ3) is 3.47. The number of nitrogens with two attached hydrogens (primary N) is 1. The van der Waals surface area contributed by atoms with Crippen molar-refractivity contribution in [2.45, 2.75) is 41.6 Å². The van der Waals surface area contributed by atoms with Crippen LogP contribution in [0.3, 0.4) is 0 Å². The first-order valence-corrected chi connectivity index (χ1v) is 12.4. The average Bonchev–Trinajstić information content (AvgIpc) is 3.38. The van der Waals surface area contributed by atoms with Crippen LogP contribution in [0.4, 0.5) is 5.69 Å². The predicted molar refractivity (Wildman–Crippen MR) is 126 cm³/mol. The topological polar surface area (TPSA) is 38.9 Å². The number of thioether (sulfide) groups is 1. The molecule has 1 fully saturated rings. The number of anilines is 1. The van der Waals surface area contributed by atoms with Crippen LogP contribution >= 0.6 is 34.4 Å². The summed E-state index contributed by atoms with van der Waals surface area (Å²) in [6, 6.07) is 17.0. The summed E-state index contributed by atoms with van der Waals surface area (Å²) in [7, 11) is 0. The molecule has 1 saturated carbocycles. The molecule has 0 bridgehead atoms. The Balaban J connectivity index is 1.66. The first kappa shape index (κ1) is 18.2. The molecule has 0 saturated heterocycles. The number of rotatable bonds is 4. The molecule has 4 aromatic rings. The van der Waals surface area contributed by atoms with Crippen LogP contribution in [0.15, 0.2) is 58.1 Å². The molecule has 2 nitrogen and oxygen atoms in total. The third-order valence-electron chi connectivity index (χ3n) is 5.35. The van der Waals surface area contributed by atoms with Gasteiger partial charge in [0.1, 0.15) is 4.83 Å². The number of nitrogens with zero attached hydrogens (tertiary/aromatic N) is 1. The summed E-state index contributed by atoms with van der Waals surface area (Å²) in [5.74, 6) is 0. The van der Waals surface area contributed by atoms with Crippen molar-refractivity contribution in [2.75, 3.05) is 5.73 Å². The Morgan fingerprint density at radius 3 is 2.57 bits per heavy atom. The zero-order chi connectivity index (χ0) is 18.9. The fourth-order valence-corrected chi connectivity index (χ4v) is 7.40. The van der Waals surface area contributed by atoms with Gasteiger partial charge in [-0.05, 0) is 41.5 Å². The average molecular weight is 423 g/mol. The van der Waals surface area contributed by atoms with Gasteiger partial charge in [-0.15, -0.1) is 34.4 Å². The van der Waals surface area contributed by atoms with E-state index in [-0.39, 0.29) is 0 Å². The number of nitrogen functional groups attached to an aromatic ring is 1. The molecule has 3 aromatic heterocycles. The van der Waals surface area contributed by atoms with Gasteiger partial charge in [-0.2, -0.15) is 0 Å². The van der Waals surface area contributed by atoms with Crippen LogP contribution < -0.4 is 5.73 Å². The summed E-state index contributed by atoms with van der Waals surface area (Å²) in [6.07, 6.45) is 6.68. The fraction of sp³-hybridized carbons (Fsp3) is 0.261. The summed E-state index contributed by atoms with van der Waals surface area (Å²) < 4.78 is 1.25. The molecule has 0 radical (unpaired) electrons. The van der Waals surface area contributed by atoms with Crippen LogP contribution in [-0.2, 0) is 0 Å². The van der Waals surface area contributed by atoms with Crippen LogP contribution in [0.5, 0.6) is 0 Å². The van der Waals surface area contributed by atoms with Crippen LogP contribution in [0.1, 0.15) is 32.1 Å². The van der Waals surface area contributed by atoms with Crippen molar-refractivity contribution in [1.82, 2.24) is 4.98 Å². The SMILES string of the molecule is Nc1c(SC2CCCCC2)sc2nc(-c3cccs3)cc(-c3ccccc3)c12. The molecule has 28 heavy (non-hydrogen) atoms. The highest BCUT2D eigenvalue weighted by molar-refractivity contribution is 8.02. The molecule has 0 atom stereocenters. The molecule has 3 heterocycles. The molecule has 1 aromatic carbocycles. The van der Waals surface area contributed by atoms with Crippen molar-refractivity contribution >= 4 is 50.3 Å². The summed E-state index contributed by atoms with van der Waals surface area (Å²) in [6.45, 7) is 0. The summed E-state index contributed by atoms with van der Waals surface area (Å²) in [5.41, 5.74) is 11.1. The second-order valence-corrected chi connectivity index (χ2v) is 10.8. The minimum atomic E-state index is 0.695. The van der Waals surface area contributed by atoms with Crippen molar-refractivity contribution < 1.29 is 0 Å². The fourth-order valence-electron chi connectivity index (χ4n) is 3.92. The van der Waals surface area contributed by atoms with Crippen LogP contribution in [0.2, 0.25) is 0 Å². The van der Waals surface area contributed by atoms with Gasteiger partial charge >= 0.3 is 0 Å². The second kappa shape index (κ2) is 7.90. The highest BCUT2D eigenvalue weighted by Gasteiger charge is 2.22. The maximum absolute atomic E-state index is 6.72. The van der Waals surface area contributed by atoms with E-state index in [4.69, 9.17) is 10.7 Å². The number of fused-ring (bicyclic) bond motifs is 1. The van der Waals surface area contributed by atoms with Crippen molar-refractivity contribution in [3.05, 3.63) is 53.9 Å². The highest BCUT2D eigenvalue weighted by Crippen LogP contribution is 2.48. The second-order valence-electron chi connectivity index (χ2n) is 7.26. The van der Waals surface area contributed by atoms with E-state index < -0.39 is 0 Å². The molecule has 0 amide bonds. The van der Waals surface area contributed by atoms with E-state index in [1.807, 2.05) is 11.8 Å². The van der Waals surface area contributed by atoms with Gasteiger partial charge in [-0.3, -0.25) is 0 Å². The van der Waals surface area contributed by atoms with Crippen LogP contribution in [0, 0.1) is 0 Å². The summed E-state index contributed by atoms with van der Waals surface area (Å²) in [5, 5.41) is 3.92. The lowest BCUT2D eigenvalue weighted by atomic mass is 10.0. The number of benzene rings is 1. The quantitative estimate of drug-likeness (QED) is 0.366. The molecule has 5 rings (SSSR count). The molecule has 0 aliphatic heterocycles. The first-order valence-electron chi connectivity index (χ1n) is 9.78. The lowest BCUT2D eigenvalue weighted by molar-refractivity contribution is 0.516. The van der Waals surface area contributed by atoms with E-state index in [2.05, 4.69) is 53.9 Å². The Morgan fingerprint density at radius 1 is 1.00 bits per heavy atom. The molecule has 5 heteroatoms. The van der Waals surface area contributed by atoms with Crippen LogP contribution in [-0.4, -0.2) is 10.2 Å². The predicted octanol–water partition coefficient (Wildman–Crippen LogP) is 7.70. The Hall–Kier alpha value is -1.82. The van der Waals surface area contributed by atoms with E-state index in [1.54, 1.807) is 22.7 Å². The molecular weight excluding hydrogens is 400 g/mol. The van der Waals surface area contributed by atoms with Gasteiger partial charge in [0.05, 0.1) is 20.5 Å². The lowest BCUT2D eigenvalue weighted by Crippen LogP contribution is -2.07. The van der Waals surface area contributed by atoms with Crippen molar-refractivity contribution in [3.8, 4) is 21.7 Å². The van der Waals surface area contributed by atoms with Gasteiger partial charge in [-0.1, -0.05) is 55.7 Å². The minimum Gasteiger partial charge on any atom is -0.397 e. The standard InChI is InChI=1S/C23H22N2S3/c24-21-20-17(15-8-3-1-4-9-15)14-18(19-12-7-13-26-19)25-22(20)28-23(21)27-16-10-5-2-6-11-16/h1,3-4,7-9,12-14,16H,2,5-6,10-11,24H2. The van der Waals surface area contributed by atoms with E-state index in [9.17, 15) is 0 Å². The maximum Gasteiger partial charge on any atom is 0.127 e. The van der Waals surface area contributed by atoms with Gasteiger partial charge in [0.25, 0.3) is 0 Å². The van der Waals surface area contributed by atoms with E-state index in [0.29, 0.717) is 5.25 Å². The Labute approximate surface area is 177 Å². The molecule has 142 valence electrons. The Bertz CT molecular complexity index is 1080. The first-order chi connectivity index (χ1) is 13.8. The molecule has 0 spiro atoms. The zero-order valence-corrected chi connectivity index (χ0v) is 18.0. The normalized spacial score (nSPS) is 15.3. The number of hydrogen-bond acceptors (Lipinski definition) is 5. The van der Waals surface area contributed by atoms with Crippen molar-refractivity contribution in [2.24, 2.45) is 0 Å². The number of pyridine rings is 1. The third-order valence-corrected chi connectivity index (χ3v) is 8.91. The van der Waals surface area contributed by atoms with Crippen molar-refractivity contribution in [1.29, 1.82) is 0 Å². The number of aromatic nitrogens is 1. The van der Waals surface area contributed by atoms with Crippen molar-refractivity contribution in [3.63, 3.8) is 0 Å². The number of hydrogen-bond donors (Lipinski definition) is 1. The van der Waals surface area contributed by atoms with Gasteiger partial charge < -0.3 is 5.73 Å². The Kier molecular flexibility index (Phi) is 5.14. The molecule has 1 aliphatic rings. The largest absolute Gasteiger partial charge is 0.397 e. The minimum absolute atomic E-state index is 0.695. The molecule has 1 aliphatic carbocycles. The smallest absolute Gasteiger partial charge is 0.127 e. The summed E-state index contributed by atoms with van der Waals surface area (Å²) in [4.78, 5) is 7.27. The molecule has 0 unspecified atom stereocenters. The van der Waals surface area contributed by atoms with Gasteiger partial charge in [0.2, 0.25) is 0 Å². The Morgan fingerprint density at radius 2 is 1.82 bits per heavy atom. The lowest BCUT2D eigenvalue weighted by Gasteiger charge is -2.20. The maximum atomic E-state index is 6.72. The highest BCUT2D eigenvalue weighted by atomic mass is 32.2. The van der Waals surface area contributed by atoms with Crippen LogP contribution in [0.25, 0.3) is 31.9 Å². The van der Waals surface area contributed by atoms with E-state index >= 15 is 0 Å². The molecular formula is C23H22N2S3. The van der Waals surface area contributed by atoms with Gasteiger partial charge in [-0.25, -0.2) is 4.98 Å². The molecule has 2 N–H and O–H groups in total. The number of thiophene rings is 2. The van der Waals surface area contributed by atoms with E-state index in [0.717, 1.165) is 21.6 Å². The van der Waals surface area contributed by atoms with E-state index in [1.165, 1.54) is 52.3 Å².